The lowest BCUT2D eigenvalue weighted by Gasteiger charge is -2.04. The number of phenols is 2. The van der Waals surface area contributed by atoms with E-state index in [2.05, 4.69) is 9.97 Å². The Morgan fingerprint density at radius 2 is 2.00 bits per heavy atom. The fraction of sp³-hybridized carbons (Fsp3) is 0. The van der Waals surface area contributed by atoms with E-state index in [1.807, 2.05) is 0 Å². The number of rotatable bonds is 1. The second-order valence-corrected chi connectivity index (χ2v) is 3.92. The average Bonchev–Trinajstić information content (AvgIpc) is 2.38. The lowest BCUT2D eigenvalue weighted by atomic mass is 10.1. The molecule has 6 heteroatoms. The Labute approximate surface area is 106 Å². The summed E-state index contributed by atoms with van der Waals surface area (Å²) in [7, 11) is 0. The van der Waals surface area contributed by atoms with Crippen molar-refractivity contribution in [2.75, 3.05) is 0 Å². The van der Waals surface area contributed by atoms with Gasteiger partial charge in [-0.1, -0.05) is 0 Å². The molecule has 0 aliphatic heterocycles. The molecule has 0 radical (unpaired) electrons. The van der Waals surface area contributed by atoms with Crippen molar-refractivity contribution in [1.82, 2.24) is 9.97 Å². The Hall–Kier alpha value is -2.89. The predicted molar refractivity (Wildman–Crippen MR) is 66.8 cm³/mol. The minimum absolute atomic E-state index is 0.0771. The van der Waals surface area contributed by atoms with Crippen LogP contribution in [0.3, 0.4) is 0 Å². The van der Waals surface area contributed by atoms with E-state index < -0.39 is 0 Å². The lowest BCUT2D eigenvalue weighted by Crippen LogP contribution is -2.01. The number of phenolic OH excluding ortho intramolecular Hbond substituents is 2. The minimum atomic E-state index is -0.302. The van der Waals surface area contributed by atoms with Crippen LogP contribution in [0.2, 0.25) is 0 Å². The van der Waals surface area contributed by atoms with Gasteiger partial charge in [-0.3, -0.25) is 4.79 Å². The number of nitrogens with zero attached hydrogens (tertiary/aromatic N) is 2. The van der Waals surface area contributed by atoms with Crippen LogP contribution in [0.25, 0.3) is 22.4 Å². The van der Waals surface area contributed by atoms with Gasteiger partial charge in [0.05, 0.1) is 5.56 Å². The second-order valence-electron chi connectivity index (χ2n) is 3.92. The molecule has 2 aromatic heterocycles. The smallest absolute Gasteiger partial charge is 0.233 e. The van der Waals surface area contributed by atoms with Gasteiger partial charge in [-0.05, 0) is 12.1 Å². The molecule has 3 aromatic rings. The Kier molecular flexibility index (Phi) is 2.42. The van der Waals surface area contributed by atoms with Gasteiger partial charge >= 0.3 is 0 Å². The normalized spacial score (nSPS) is 10.7. The zero-order valence-electron chi connectivity index (χ0n) is 9.57. The van der Waals surface area contributed by atoms with Crippen molar-refractivity contribution < 1.29 is 14.6 Å². The molecule has 0 aliphatic rings. The molecule has 2 N–H and O–H groups in total. The number of aromatic hydroxyl groups is 2. The molecule has 0 bridgehead atoms. The maximum Gasteiger partial charge on any atom is 0.233 e. The summed E-state index contributed by atoms with van der Waals surface area (Å²) in [5, 5.41) is 19.3. The summed E-state index contributed by atoms with van der Waals surface area (Å²) in [5.74, 6) is -0.0861. The highest BCUT2D eigenvalue weighted by molar-refractivity contribution is 5.75. The average molecular weight is 256 g/mol. The number of aromatic nitrogens is 2. The zero-order valence-corrected chi connectivity index (χ0v) is 9.57. The van der Waals surface area contributed by atoms with E-state index in [0.29, 0.717) is 5.56 Å². The van der Waals surface area contributed by atoms with E-state index in [0.717, 1.165) is 0 Å². The highest BCUT2D eigenvalue weighted by atomic mass is 16.3. The van der Waals surface area contributed by atoms with Crippen LogP contribution >= 0.6 is 0 Å². The molecule has 0 saturated heterocycles. The number of benzene rings is 1. The quantitative estimate of drug-likeness (QED) is 0.687. The first-order chi connectivity index (χ1) is 9.15. The van der Waals surface area contributed by atoms with E-state index in [4.69, 9.17) is 4.42 Å². The summed E-state index contributed by atoms with van der Waals surface area (Å²) < 4.78 is 5.46. The molecule has 0 unspecified atom stereocenters. The Morgan fingerprint density at radius 3 is 2.79 bits per heavy atom. The lowest BCUT2D eigenvalue weighted by molar-refractivity contribution is 0.450. The third-order valence-electron chi connectivity index (χ3n) is 2.66. The van der Waals surface area contributed by atoms with Gasteiger partial charge in [-0.15, -0.1) is 0 Å². The molecule has 0 saturated carbocycles. The van der Waals surface area contributed by atoms with Crippen LogP contribution in [0.15, 0.2) is 46.0 Å². The van der Waals surface area contributed by atoms with Gasteiger partial charge in [0.15, 0.2) is 5.43 Å². The van der Waals surface area contributed by atoms with Gasteiger partial charge < -0.3 is 14.6 Å². The van der Waals surface area contributed by atoms with Crippen LogP contribution in [0.5, 0.6) is 11.5 Å². The van der Waals surface area contributed by atoms with Crippen molar-refractivity contribution in [3.05, 3.63) is 47.0 Å². The molecule has 0 atom stereocenters. The molecule has 0 spiro atoms. The molecule has 0 fully saturated rings. The summed E-state index contributed by atoms with van der Waals surface area (Å²) in [6.45, 7) is 0. The van der Waals surface area contributed by atoms with E-state index in [1.165, 1.54) is 36.8 Å². The first-order valence-corrected chi connectivity index (χ1v) is 5.41. The maximum atomic E-state index is 11.9. The van der Waals surface area contributed by atoms with Gasteiger partial charge in [-0.2, -0.15) is 0 Å². The highest BCUT2D eigenvalue weighted by Gasteiger charge is 2.11. The van der Waals surface area contributed by atoms with E-state index in [1.54, 1.807) is 0 Å². The first kappa shape index (κ1) is 11.2. The van der Waals surface area contributed by atoms with E-state index in [9.17, 15) is 15.0 Å². The summed E-state index contributed by atoms with van der Waals surface area (Å²) in [6.07, 6.45) is 2.64. The van der Waals surface area contributed by atoms with Crippen molar-refractivity contribution in [3.63, 3.8) is 0 Å². The summed E-state index contributed by atoms with van der Waals surface area (Å²) in [4.78, 5) is 19.5. The summed E-state index contributed by atoms with van der Waals surface area (Å²) >= 11 is 0. The predicted octanol–water partition coefficient (Wildman–Crippen LogP) is 1.66. The third-order valence-corrected chi connectivity index (χ3v) is 2.66. The van der Waals surface area contributed by atoms with Gasteiger partial charge in [0.2, 0.25) is 5.71 Å². The molecule has 6 nitrogen and oxygen atoms in total. The Balaban J connectivity index is 2.28. The molecule has 2 heterocycles. The van der Waals surface area contributed by atoms with Gasteiger partial charge in [0, 0.05) is 18.3 Å². The standard InChI is InChI=1S/C13H8N2O4/c16-7-1-2-8(10(17)3-7)12-4-11(18)9-5-14-6-15-13(9)19-12/h1-6,16-17H. The summed E-state index contributed by atoms with van der Waals surface area (Å²) in [6, 6.07) is 5.26. The molecule has 3 rings (SSSR count). The topological polar surface area (TPSA) is 96.5 Å². The fourth-order valence-corrected chi connectivity index (χ4v) is 1.76. The maximum absolute atomic E-state index is 11.9. The Bertz CT molecular complexity index is 826. The number of hydrogen-bond acceptors (Lipinski definition) is 6. The van der Waals surface area contributed by atoms with Crippen LogP contribution in [0.4, 0.5) is 0 Å². The van der Waals surface area contributed by atoms with Crippen LogP contribution in [0, 0.1) is 0 Å². The SMILES string of the molecule is O=c1cc(-c2ccc(O)cc2O)oc2ncncc12. The van der Waals surface area contributed by atoms with E-state index >= 15 is 0 Å². The first-order valence-electron chi connectivity index (χ1n) is 5.41. The fourth-order valence-electron chi connectivity index (χ4n) is 1.76. The van der Waals surface area contributed by atoms with Crippen molar-refractivity contribution >= 4 is 11.1 Å². The zero-order chi connectivity index (χ0) is 13.4. The molecule has 0 amide bonds. The minimum Gasteiger partial charge on any atom is -0.508 e. The number of hydrogen-bond donors (Lipinski definition) is 2. The van der Waals surface area contributed by atoms with Crippen LogP contribution in [0.1, 0.15) is 0 Å². The largest absolute Gasteiger partial charge is 0.508 e. The van der Waals surface area contributed by atoms with Crippen molar-refractivity contribution in [3.8, 4) is 22.8 Å². The highest BCUT2D eigenvalue weighted by Crippen LogP contribution is 2.32. The molecule has 94 valence electrons. The third kappa shape index (κ3) is 1.89. The molecule has 0 aliphatic carbocycles. The van der Waals surface area contributed by atoms with Gasteiger partial charge in [-0.25, -0.2) is 9.97 Å². The Morgan fingerprint density at radius 1 is 1.16 bits per heavy atom. The van der Waals surface area contributed by atoms with Crippen molar-refractivity contribution in [2.45, 2.75) is 0 Å². The molecule has 1 aromatic carbocycles. The van der Waals surface area contributed by atoms with Crippen LogP contribution in [-0.2, 0) is 0 Å². The molecular weight excluding hydrogens is 248 g/mol. The molecular formula is C13H8N2O4. The van der Waals surface area contributed by atoms with Gasteiger partial charge in [0.1, 0.15) is 29.0 Å². The monoisotopic (exact) mass is 256 g/mol. The van der Waals surface area contributed by atoms with Gasteiger partial charge in [0.25, 0.3) is 0 Å². The number of fused-ring (bicyclic) bond motifs is 1. The van der Waals surface area contributed by atoms with Crippen LogP contribution < -0.4 is 5.43 Å². The molecule has 19 heavy (non-hydrogen) atoms. The van der Waals surface area contributed by atoms with E-state index in [-0.39, 0.29) is 33.8 Å². The second kappa shape index (κ2) is 4.09. The van der Waals surface area contributed by atoms with Crippen LogP contribution in [-0.4, -0.2) is 20.2 Å². The van der Waals surface area contributed by atoms with Crippen molar-refractivity contribution in [2.24, 2.45) is 0 Å². The van der Waals surface area contributed by atoms with Crippen molar-refractivity contribution in [1.29, 1.82) is 0 Å². The summed E-state index contributed by atoms with van der Waals surface area (Å²) in [5.41, 5.74) is 0.143.